The molecule has 0 spiro atoms. The first-order valence-electron chi connectivity index (χ1n) is 9.05. The Morgan fingerprint density at radius 3 is 2.30 bits per heavy atom. The van der Waals surface area contributed by atoms with Crippen LogP contribution in [0.5, 0.6) is 0 Å². The van der Waals surface area contributed by atoms with E-state index in [1.807, 2.05) is 39.8 Å². The smallest absolute Gasteiger partial charge is 0.311 e. The van der Waals surface area contributed by atoms with E-state index in [0.717, 1.165) is 22.6 Å². The average Bonchev–Trinajstić information content (AvgIpc) is 2.91. The molecular weight excluding hydrogens is 366 g/mol. The van der Waals surface area contributed by atoms with Crippen molar-refractivity contribution in [3.8, 4) is 5.69 Å². The molecule has 0 aliphatic rings. The zero-order valence-corrected chi connectivity index (χ0v) is 16.9. The third-order valence-electron chi connectivity index (χ3n) is 5.28. The number of nitrogens with zero attached hydrogens (tertiary/aromatic N) is 2. The zero-order chi connectivity index (χ0) is 20.2. The van der Waals surface area contributed by atoms with E-state index in [4.69, 9.17) is 11.6 Å². The molecule has 1 amide bonds. The summed E-state index contributed by atoms with van der Waals surface area (Å²) in [6, 6.07) is 7.33. The van der Waals surface area contributed by atoms with E-state index in [-0.39, 0.29) is 18.9 Å². The Kier molecular flexibility index (Phi) is 6.65. The van der Waals surface area contributed by atoms with E-state index in [2.05, 4.69) is 10.4 Å². The number of carbonyl (C=O) groups excluding carboxylic acids is 1. The van der Waals surface area contributed by atoms with Crippen molar-refractivity contribution in [1.82, 2.24) is 15.1 Å². The highest BCUT2D eigenvalue weighted by molar-refractivity contribution is 6.30. The second-order valence-electron chi connectivity index (χ2n) is 6.78. The van der Waals surface area contributed by atoms with Crippen LogP contribution < -0.4 is 5.32 Å². The molecule has 0 saturated heterocycles. The molecule has 27 heavy (non-hydrogen) atoms. The van der Waals surface area contributed by atoms with Gasteiger partial charge in [-0.05, 0) is 51.0 Å². The Morgan fingerprint density at radius 1 is 1.19 bits per heavy atom. The summed E-state index contributed by atoms with van der Waals surface area (Å²) in [5, 5.41) is 17.5. The van der Waals surface area contributed by atoms with Crippen LogP contribution in [0.4, 0.5) is 0 Å². The second kappa shape index (κ2) is 8.57. The largest absolute Gasteiger partial charge is 0.481 e. The molecule has 0 unspecified atom stereocenters. The number of aliphatic carboxylic acids is 1. The van der Waals surface area contributed by atoms with Crippen LogP contribution in [0.2, 0.25) is 5.02 Å². The number of carbonyl (C=O) groups is 2. The van der Waals surface area contributed by atoms with Gasteiger partial charge in [-0.3, -0.25) is 9.59 Å². The van der Waals surface area contributed by atoms with Gasteiger partial charge in [0.05, 0.1) is 23.2 Å². The van der Waals surface area contributed by atoms with Gasteiger partial charge in [0.1, 0.15) is 0 Å². The van der Waals surface area contributed by atoms with E-state index in [1.54, 1.807) is 16.8 Å². The molecule has 7 heteroatoms. The number of rotatable bonds is 8. The number of benzene rings is 1. The number of amides is 1. The fraction of sp³-hybridized carbons (Fsp3) is 0.450. The summed E-state index contributed by atoms with van der Waals surface area (Å²) in [4.78, 5) is 24.0. The minimum Gasteiger partial charge on any atom is -0.481 e. The monoisotopic (exact) mass is 391 g/mol. The quantitative estimate of drug-likeness (QED) is 0.718. The zero-order valence-electron chi connectivity index (χ0n) is 16.2. The van der Waals surface area contributed by atoms with E-state index < -0.39 is 11.4 Å². The van der Waals surface area contributed by atoms with Gasteiger partial charge < -0.3 is 10.4 Å². The highest BCUT2D eigenvalue weighted by Crippen LogP contribution is 2.26. The minimum atomic E-state index is -0.923. The fourth-order valence-corrected chi connectivity index (χ4v) is 3.26. The summed E-state index contributed by atoms with van der Waals surface area (Å²) in [5.74, 6) is -1.08. The summed E-state index contributed by atoms with van der Waals surface area (Å²) >= 11 is 5.94. The molecule has 2 aromatic rings. The number of carboxylic acids is 1. The van der Waals surface area contributed by atoms with Gasteiger partial charge in [0, 0.05) is 22.8 Å². The van der Waals surface area contributed by atoms with E-state index in [0.29, 0.717) is 17.9 Å². The molecule has 1 aromatic carbocycles. The van der Waals surface area contributed by atoms with Gasteiger partial charge in [-0.25, -0.2) is 4.68 Å². The third kappa shape index (κ3) is 4.50. The summed E-state index contributed by atoms with van der Waals surface area (Å²) in [6.07, 6.45) is 1.09. The van der Waals surface area contributed by atoms with Crippen molar-refractivity contribution < 1.29 is 14.7 Å². The van der Waals surface area contributed by atoms with Crippen molar-refractivity contribution in [3.63, 3.8) is 0 Å². The third-order valence-corrected chi connectivity index (χ3v) is 5.53. The van der Waals surface area contributed by atoms with Crippen LogP contribution in [0.1, 0.15) is 43.6 Å². The first-order valence-corrected chi connectivity index (χ1v) is 9.43. The summed E-state index contributed by atoms with van der Waals surface area (Å²) in [5.41, 5.74) is 2.44. The van der Waals surface area contributed by atoms with Crippen LogP contribution in [0.25, 0.3) is 5.69 Å². The van der Waals surface area contributed by atoms with Gasteiger partial charge in [-0.1, -0.05) is 25.4 Å². The number of halogens is 1. The lowest BCUT2D eigenvalue weighted by atomic mass is 9.82. The van der Waals surface area contributed by atoms with Gasteiger partial charge in [-0.2, -0.15) is 5.10 Å². The molecule has 1 heterocycles. The van der Waals surface area contributed by atoms with Crippen molar-refractivity contribution in [3.05, 3.63) is 46.2 Å². The summed E-state index contributed by atoms with van der Waals surface area (Å²) < 4.78 is 1.79. The second-order valence-corrected chi connectivity index (χ2v) is 7.22. The van der Waals surface area contributed by atoms with Crippen LogP contribution in [-0.4, -0.2) is 33.3 Å². The molecule has 0 fully saturated rings. The Balaban J connectivity index is 2.14. The minimum absolute atomic E-state index is 0.123. The topological polar surface area (TPSA) is 84.2 Å². The van der Waals surface area contributed by atoms with E-state index in [1.165, 1.54) is 0 Å². The van der Waals surface area contributed by atoms with Crippen molar-refractivity contribution in [2.45, 2.75) is 47.0 Å². The number of nitrogens with one attached hydrogen (secondary N) is 1. The molecule has 2 N–H and O–H groups in total. The molecule has 2 rings (SSSR count). The lowest BCUT2D eigenvalue weighted by molar-refractivity contribution is -0.149. The maximum atomic E-state index is 12.4. The van der Waals surface area contributed by atoms with Gasteiger partial charge in [0.15, 0.2) is 0 Å². The molecule has 146 valence electrons. The summed E-state index contributed by atoms with van der Waals surface area (Å²) in [6.45, 7) is 7.55. The Bertz CT molecular complexity index is 824. The predicted octanol–water partition coefficient (Wildman–Crippen LogP) is 3.69. The average molecular weight is 392 g/mol. The van der Waals surface area contributed by atoms with Crippen LogP contribution in [0.3, 0.4) is 0 Å². The van der Waals surface area contributed by atoms with Gasteiger partial charge in [0.2, 0.25) is 5.91 Å². The maximum absolute atomic E-state index is 12.4. The molecule has 0 aliphatic heterocycles. The Hall–Kier alpha value is -2.34. The molecule has 6 nitrogen and oxygen atoms in total. The van der Waals surface area contributed by atoms with Gasteiger partial charge >= 0.3 is 5.97 Å². The standard InChI is InChI=1S/C20H26ClN3O3/c1-5-20(6-2,19(26)27)12-22-18(25)11-17-13(3)23-24(14(17)4)16-9-7-15(21)8-10-16/h7-10H,5-6,11-12H2,1-4H3,(H,22,25)(H,26,27). The van der Waals surface area contributed by atoms with E-state index >= 15 is 0 Å². The number of hydrogen-bond donors (Lipinski definition) is 2. The van der Waals surface area contributed by atoms with E-state index in [9.17, 15) is 14.7 Å². The van der Waals surface area contributed by atoms with Crippen LogP contribution in [0.15, 0.2) is 24.3 Å². The SMILES string of the molecule is CCC(CC)(CNC(=O)Cc1c(C)nn(-c2ccc(Cl)cc2)c1C)C(=O)O. The van der Waals surface area contributed by atoms with Crippen LogP contribution in [-0.2, 0) is 16.0 Å². The number of hydrogen-bond acceptors (Lipinski definition) is 3. The van der Waals surface area contributed by atoms with Crippen molar-refractivity contribution >= 4 is 23.5 Å². The molecule has 1 aromatic heterocycles. The molecule has 0 radical (unpaired) electrons. The Labute approximate surface area is 164 Å². The highest BCUT2D eigenvalue weighted by Gasteiger charge is 2.35. The fourth-order valence-electron chi connectivity index (χ4n) is 3.13. The molecular formula is C20H26ClN3O3. The summed E-state index contributed by atoms with van der Waals surface area (Å²) in [7, 11) is 0. The first kappa shape index (κ1) is 21.0. The molecule has 0 saturated carbocycles. The predicted molar refractivity (Wildman–Crippen MR) is 105 cm³/mol. The van der Waals surface area contributed by atoms with Gasteiger partial charge in [0.25, 0.3) is 0 Å². The van der Waals surface area contributed by atoms with Crippen LogP contribution >= 0.6 is 11.6 Å². The first-order chi connectivity index (χ1) is 12.7. The molecule has 0 bridgehead atoms. The number of aryl methyl sites for hydroxylation is 1. The van der Waals surface area contributed by atoms with Crippen molar-refractivity contribution in [2.75, 3.05) is 6.54 Å². The number of aromatic nitrogens is 2. The van der Waals surface area contributed by atoms with Crippen molar-refractivity contribution in [2.24, 2.45) is 5.41 Å². The lowest BCUT2D eigenvalue weighted by Gasteiger charge is -2.26. The van der Waals surface area contributed by atoms with Crippen molar-refractivity contribution in [1.29, 1.82) is 0 Å². The van der Waals surface area contributed by atoms with Crippen LogP contribution in [0, 0.1) is 19.3 Å². The maximum Gasteiger partial charge on any atom is 0.311 e. The Morgan fingerprint density at radius 2 is 1.78 bits per heavy atom. The number of carboxylic acid groups (broad SMARTS) is 1. The molecule has 0 aliphatic carbocycles. The lowest BCUT2D eigenvalue weighted by Crippen LogP contribution is -2.42. The van der Waals surface area contributed by atoms with Gasteiger partial charge in [-0.15, -0.1) is 0 Å². The molecule has 0 atom stereocenters. The highest BCUT2D eigenvalue weighted by atomic mass is 35.5. The normalized spacial score (nSPS) is 11.4.